The summed E-state index contributed by atoms with van der Waals surface area (Å²) in [7, 11) is 0. The Morgan fingerprint density at radius 1 is 1.44 bits per heavy atom. The summed E-state index contributed by atoms with van der Waals surface area (Å²) >= 11 is 4.53. The van der Waals surface area contributed by atoms with Crippen molar-refractivity contribution in [3.05, 3.63) is 33.6 Å². The number of halogens is 1. The van der Waals surface area contributed by atoms with Crippen molar-refractivity contribution in [1.29, 1.82) is 0 Å². The summed E-state index contributed by atoms with van der Waals surface area (Å²) in [6.07, 6.45) is 0.613. The highest BCUT2D eigenvalue weighted by Gasteiger charge is 2.20. The van der Waals surface area contributed by atoms with Crippen LogP contribution in [-0.2, 0) is 4.79 Å². The van der Waals surface area contributed by atoms with Crippen LogP contribution in [0.3, 0.4) is 0 Å². The average molecular weight is 427 g/mol. The molecule has 1 heterocycles. The molecule has 1 aromatic heterocycles. The lowest BCUT2D eigenvalue weighted by Gasteiger charge is -2.18. The third-order valence-corrected chi connectivity index (χ3v) is 5.45. The fraction of sp³-hybridized carbons (Fsp3) is 0.188. The van der Waals surface area contributed by atoms with Crippen molar-refractivity contribution in [2.45, 2.75) is 6.92 Å². The number of carbonyl (C=O) groups excluding carboxylic acids is 2. The first kappa shape index (κ1) is 18.9. The lowest BCUT2D eigenvalue weighted by Crippen LogP contribution is -2.35. The molecule has 3 N–H and O–H groups in total. The molecule has 0 bridgehead atoms. The Kier molecular flexibility index (Phi) is 6.16. The standard InChI is InChI=1S/C16H15BrN2O5S/c1-2-19(16(18)23)10-5-3-4-9(6-10)15-13(17)14(11(7-20)25-15)24-8-12(21)22/h3-7H,2,8H2,1H3,(H2,18,23)(H,21,22). The number of benzene rings is 1. The van der Waals surface area contributed by atoms with E-state index in [4.69, 9.17) is 15.6 Å². The van der Waals surface area contributed by atoms with Crippen LogP contribution in [0.2, 0.25) is 0 Å². The number of carbonyl (C=O) groups is 3. The molecule has 2 amide bonds. The molecule has 9 heteroatoms. The molecular weight excluding hydrogens is 412 g/mol. The maximum Gasteiger partial charge on any atom is 0.341 e. The quantitative estimate of drug-likeness (QED) is 0.659. The minimum atomic E-state index is -1.14. The molecule has 0 unspecified atom stereocenters. The lowest BCUT2D eigenvalue weighted by molar-refractivity contribution is -0.139. The number of carboxylic acid groups (broad SMARTS) is 1. The van der Waals surface area contributed by atoms with Crippen molar-refractivity contribution < 1.29 is 24.2 Å². The monoisotopic (exact) mass is 426 g/mol. The van der Waals surface area contributed by atoms with Crippen LogP contribution < -0.4 is 15.4 Å². The molecule has 0 saturated carbocycles. The van der Waals surface area contributed by atoms with Gasteiger partial charge in [0.05, 0.1) is 9.35 Å². The number of hydrogen-bond donors (Lipinski definition) is 2. The van der Waals surface area contributed by atoms with Crippen LogP contribution in [0.1, 0.15) is 16.6 Å². The number of aldehydes is 1. The van der Waals surface area contributed by atoms with Gasteiger partial charge >= 0.3 is 12.0 Å². The molecular formula is C16H15BrN2O5S. The number of aliphatic carboxylic acids is 1. The van der Waals surface area contributed by atoms with Crippen LogP contribution in [-0.4, -0.2) is 36.5 Å². The third-order valence-electron chi connectivity index (χ3n) is 3.28. The van der Waals surface area contributed by atoms with Crippen molar-refractivity contribution in [3.63, 3.8) is 0 Å². The molecule has 0 aliphatic carbocycles. The van der Waals surface area contributed by atoms with Crippen LogP contribution in [0.5, 0.6) is 5.75 Å². The van der Waals surface area contributed by atoms with Crippen molar-refractivity contribution in [2.24, 2.45) is 5.73 Å². The van der Waals surface area contributed by atoms with Crippen LogP contribution in [0.4, 0.5) is 10.5 Å². The molecule has 7 nitrogen and oxygen atoms in total. The van der Waals surface area contributed by atoms with Crippen molar-refractivity contribution in [2.75, 3.05) is 18.1 Å². The maximum atomic E-state index is 11.5. The van der Waals surface area contributed by atoms with Gasteiger partial charge < -0.3 is 15.6 Å². The number of ether oxygens (including phenoxy) is 1. The Bertz CT molecular complexity index is 821. The second-order valence-electron chi connectivity index (χ2n) is 4.87. The second kappa shape index (κ2) is 8.13. The first-order chi connectivity index (χ1) is 11.9. The van der Waals surface area contributed by atoms with Gasteiger partial charge in [-0.25, -0.2) is 9.59 Å². The SMILES string of the molecule is CCN(C(N)=O)c1cccc(-c2sc(C=O)c(OCC(=O)O)c2Br)c1. The second-order valence-corrected chi connectivity index (χ2v) is 6.72. The number of thiophene rings is 1. The van der Waals surface area contributed by atoms with E-state index in [-0.39, 0.29) is 10.6 Å². The van der Waals surface area contributed by atoms with Gasteiger partial charge in [0.25, 0.3) is 0 Å². The summed E-state index contributed by atoms with van der Waals surface area (Å²) in [4.78, 5) is 35.9. The van der Waals surface area contributed by atoms with E-state index in [1.807, 2.05) is 6.07 Å². The predicted octanol–water partition coefficient (Wildman–Crippen LogP) is 3.36. The zero-order chi connectivity index (χ0) is 18.6. The summed E-state index contributed by atoms with van der Waals surface area (Å²) in [6.45, 7) is 1.67. The number of carboxylic acids is 1. The number of hydrogen-bond acceptors (Lipinski definition) is 5. The normalized spacial score (nSPS) is 10.3. The van der Waals surface area contributed by atoms with Crippen molar-refractivity contribution >= 4 is 51.2 Å². The molecule has 0 aliphatic rings. The van der Waals surface area contributed by atoms with Crippen LogP contribution in [0.25, 0.3) is 10.4 Å². The van der Waals surface area contributed by atoms with Gasteiger partial charge in [-0.2, -0.15) is 0 Å². The van der Waals surface area contributed by atoms with Crippen LogP contribution >= 0.6 is 27.3 Å². The molecule has 0 saturated heterocycles. The van der Waals surface area contributed by atoms with Gasteiger partial charge in [-0.15, -0.1) is 11.3 Å². The lowest BCUT2D eigenvalue weighted by atomic mass is 10.1. The van der Waals surface area contributed by atoms with E-state index < -0.39 is 18.6 Å². The molecule has 132 valence electrons. The van der Waals surface area contributed by atoms with Crippen molar-refractivity contribution in [3.8, 4) is 16.2 Å². The Morgan fingerprint density at radius 3 is 2.72 bits per heavy atom. The molecule has 0 spiro atoms. The topological polar surface area (TPSA) is 110 Å². The number of amides is 2. The highest BCUT2D eigenvalue weighted by atomic mass is 79.9. The average Bonchev–Trinajstić information content (AvgIpc) is 2.89. The summed E-state index contributed by atoms with van der Waals surface area (Å²) in [5.41, 5.74) is 6.73. The molecule has 2 rings (SSSR count). The number of nitrogens with zero attached hydrogens (tertiary/aromatic N) is 1. The first-order valence-electron chi connectivity index (χ1n) is 7.18. The van der Waals surface area contributed by atoms with Gasteiger partial charge in [0.2, 0.25) is 0 Å². The van der Waals surface area contributed by atoms with Gasteiger partial charge in [-0.1, -0.05) is 12.1 Å². The van der Waals surface area contributed by atoms with Gasteiger partial charge in [0, 0.05) is 12.2 Å². The van der Waals surface area contributed by atoms with E-state index in [1.165, 1.54) is 4.90 Å². The first-order valence-corrected chi connectivity index (χ1v) is 8.79. The number of primary amides is 1. The van der Waals surface area contributed by atoms with E-state index >= 15 is 0 Å². The zero-order valence-electron chi connectivity index (χ0n) is 13.2. The minimum absolute atomic E-state index is 0.185. The number of anilines is 1. The third kappa shape index (κ3) is 4.18. The van der Waals surface area contributed by atoms with Gasteiger partial charge in [-0.3, -0.25) is 9.69 Å². The largest absolute Gasteiger partial charge is 0.479 e. The van der Waals surface area contributed by atoms with E-state index in [1.54, 1.807) is 25.1 Å². The molecule has 2 aromatic rings. The van der Waals surface area contributed by atoms with E-state index in [0.29, 0.717) is 27.9 Å². The van der Waals surface area contributed by atoms with Crippen molar-refractivity contribution in [1.82, 2.24) is 0 Å². The molecule has 0 atom stereocenters. The summed E-state index contributed by atoms with van der Waals surface area (Å²) in [5.74, 6) is -0.955. The fourth-order valence-electron chi connectivity index (χ4n) is 2.22. The van der Waals surface area contributed by atoms with E-state index in [2.05, 4.69) is 15.9 Å². The summed E-state index contributed by atoms with van der Waals surface area (Å²) in [6, 6.07) is 6.52. The van der Waals surface area contributed by atoms with Gasteiger partial charge in [0.1, 0.15) is 4.88 Å². The maximum absolute atomic E-state index is 11.5. The number of rotatable bonds is 7. The highest BCUT2D eigenvalue weighted by Crippen LogP contribution is 2.45. The molecule has 0 fully saturated rings. The number of urea groups is 1. The number of nitrogens with two attached hydrogens (primary N) is 1. The van der Waals surface area contributed by atoms with Gasteiger partial charge in [-0.05, 0) is 40.5 Å². The Labute approximate surface area is 156 Å². The van der Waals surface area contributed by atoms with E-state index in [9.17, 15) is 14.4 Å². The smallest absolute Gasteiger partial charge is 0.341 e. The zero-order valence-corrected chi connectivity index (χ0v) is 15.6. The molecule has 0 aliphatic heterocycles. The van der Waals surface area contributed by atoms with E-state index in [0.717, 1.165) is 16.9 Å². The minimum Gasteiger partial charge on any atom is -0.479 e. The Balaban J connectivity index is 2.47. The predicted molar refractivity (Wildman–Crippen MR) is 98.6 cm³/mol. The Morgan fingerprint density at radius 2 is 2.16 bits per heavy atom. The summed E-state index contributed by atoms with van der Waals surface area (Å²) in [5, 5.41) is 8.76. The molecule has 1 aromatic carbocycles. The molecule has 0 radical (unpaired) electrons. The van der Waals surface area contributed by atoms with Crippen LogP contribution in [0.15, 0.2) is 28.7 Å². The fourth-order valence-corrected chi connectivity index (χ4v) is 4.10. The molecule has 25 heavy (non-hydrogen) atoms. The summed E-state index contributed by atoms with van der Waals surface area (Å²) < 4.78 is 5.69. The highest BCUT2D eigenvalue weighted by molar-refractivity contribution is 9.10. The van der Waals surface area contributed by atoms with Gasteiger partial charge in [0.15, 0.2) is 18.6 Å². The Hall–Kier alpha value is -2.39. The van der Waals surface area contributed by atoms with Crippen LogP contribution in [0, 0.1) is 0 Å².